The number of halogens is 2. The highest BCUT2D eigenvalue weighted by molar-refractivity contribution is 9.10. The summed E-state index contributed by atoms with van der Waals surface area (Å²) in [5, 5.41) is 8.94. The van der Waals surface area contributed by atoms with E-state index in [4.69, 9.17) is 9.84 Å². The second-order valence-electron chi connectivity index (χ2n) is 7.82. The molecule has 1 aromatic heterocycles. The standard InChI is InChI=1S/C25H18BrFN4OS/c1-33-25-29-24-28-21-18-4-2-3-5-19(18)32-23(15-6-10-16(26)11-7-15)20(21)22(31(24)30-25)14-8-12-17(27)13-9-14/h2-13,22-23H,1H3,(H,28,29,30)/t22-,23+/m1/s1. The first-order valence-corrected chi connectivity index (χ1v) is 12.4. The van der Waals surface area contributed by atoms with E-state index >= 15 is 0 Å². The van der Waals surface area contributed by atoms with E-state index in [0.29, 0.717) is 11.1 Å². The summed E-state index contributed by atoms with van der Waals surface area (Å²) in [5.41, 5.74) is 4.85. The second kappa shape index (κ2) is 8.04. The summed E-state index contributed by atoms with van der Waals surface area (Å²) < 4.78 is 23.3. The van der Waals surface area contributed by atoms with Crippen molar-refractivity contribution in [2.24, 2.45) is 0 Å². The van der Waals surface area contributed by atoms with E-state index in [1.165, 1.54) is 23.9 Å². The first-order valence-electron chi connectivity index (χ1n) is 10.4. The fourth-order valence-corrected chi connectivity index (χ4v) is 5.03. The van der Waals surface area contributed by atoms with Gasteiger partial charge in [-0.3, -0.25) is 0 Å². The summed E-state index contributed by atoms with van der Waals surface area (Å²) in [4.78, 5) is 4.68. The molecule has 0 aliphatic carbocycles. The number of thioether (sulfide) groups is 1. The molecule has 8 heteroatoms. The summed E-state index contributed by atoms with van der Waals surface area (Å²) in [6.07, 6.45) is 1.59. The molecule has 2 aliphatic rings. The molecule has 3 aromatic carbocycles. The van der Waals surface area contributed by atoms with Crippen LogP contribution in [0.3, 0.4) is 0 Å². The molecule has 0 bridgehead atoms. The van der Waals surface area contributed by atoms with Crippen LogP contribution in [-0.2, 0) is 0 Å². The molecule has 0 saturated heterocycles. The predicted octanol–water partition coefficient (Wildman–Crippen LogP) is 6.46. The van der Waals surface area contributed by atoms with Gasteiger partial charge in [-0.05, 0) is 53.8 Å². The maximum absolute atomic E-state index is 13.8. The fraction of sp³-hybridized carbons (Fsp3) is 0.120. The number of aromatic nitrogens is 3. The van der Waals surface area contributed by atoms with Gasteiger partial charge in [0.25, 0.3) is 0 Å². The van der Waals surface area contributed by atoms with Gasteiger partial charge in [0, 0.05) is 15.6 Å². The fourth-order valence-electron chi connectivity index (χ4n) is 4.42. The summed E-state index contributed by atoms with van der Waals surface area (Å²) in [6, 6.07) is 22.4. The highest BCUT2D eigenvalue weighted by Crippen LogP contribution is 2.50. The molecule has 0 fully saturated rings. The van der Waals surface area contributed by atoms with Crippen molar-refractivity contribution < 1.29 is 9.13 Å². The Labute approximate surface area is 202 Å². The molecule has 0 amide bonds. The average Bonchev–Trinajstić information content (AvgIpc) is 3.26. The molecule has 164 valence electrons. The Morgan fingerprint density at radius 1 is 1.00 bits per heavy atom. The van der Waals surface area contributed by atoms with Crippen LogP contribution in [0.2, 0.25) is 0 Å². The Hall–Kier alpha value is -3.10. The van der Waals surface area contributed by atoms with E-state index in [1.54, 1.807) is 12.1 Å². The molecule has 4 aromatic rings. The van der Waals surface area contributed by atoms with E-state index < -0.39 is 0 Å². The van der Waals surface area contributed by atoms with Crippen molar-refractivity contribution >= 4 is 39.3 Å². The van der Waals surface area contributed by atoms with Crippen LogP contribution in [0.5, 0.6) is 5.75 Å². The van der Waals surface area contributed by atoms with Crippen LogP contribution in [0.4, 0.5) is 10.3 Å². The number of hydrogen-bond acceptors (Lipinski definition) is 5. The zero-order valence-corrected chi connectivity index (χ0v) is 19.9. The number of nitrogens with zero attached hydrogens (tertiary/aromatic N) is 3. The van der Waals surface area contributed by atoms with Gasteiger partial charge in [-0.25, -0.2) is 9.07 Å². The van der Waals surface area contributed by atoms with E-state index in [9.17, 15) is 4.39 Å². The van der Waals surface area contributed by atoms with Crippen molar-refractivity contribution in [1.82, 2.24) is 14.8 Å². The highest BCUT2D eigenvalue weighted by atomic mass is 79.9. The van der Waals surface area contributed by atoms with Crippen LogP contribution >= 0.6 is 27.7 Å². The van der Waals surface area contributed by atoms with E-state index in [2.05, 4.69) is 38.4 Å². The minimum absolute atomic E-state index is 0.278. The van der Waals surface area contributed by atoms with Gasteiger partial charge in [-0.1, -0.05) is 64.1 Å². The van der Waals surface area contributed by atoms with Crippen LogP contribution in [0.15, 0.2) is 88.0 Å². The summed E-state index contributed by atoms with van der Waals surface area (Å²) >= 11 is 5.01. The smallest absolute Gasteiger partial charge is 0.227 e. The van der Waals surface area contributed by atoms with Gasteiger partial charge in [0.15, 0.2) is 0 Å². The van der Waals surface area contributed by atoms with Crippen LogP contribution in [0.25, 0.3) is 5.70 Å². The molecule has 2 aliphatic heterocycles. The second-order valence-corrected chi connectivity index (χ2v) is 9.51. The number of fused-ring (bicyclic) bond motifs is 3. The minimum Gasteiger partial charge on any atom is -0.480 e. The topological polar surface area (TPSA) is 52.0 Å². The molecule has 6 rings (SSSR count). The van der Waals surface area contributed by atoms with Crippen molar-refractivity contribution in [1.29, 1.82) is 0 Å². The molecule has 33 heavy (non-hydrogen) atoms. The van der Waals surface area contributed by atoms with Gasteiger partial charge >= 0.3 is 0 Å². The number of benzene rings is 3. The Kier molecular flexibility index (Phi) is 4.99. The first-order chi connectivity index (χ1) is 16.1. The lowest BCUT2D eigenvalue weighted by molar-refractivity contribution is 0.223. The van der Waals surface area contributed by atoms with Gasteiger partial charge in [0.2, 0.25) is 11.1 Å². The number of hydrogen-bond donors (Lipinski definition) is 1. The predicted molar refractivity (Wildman–Crippen MR) is 131 cm³/mol. The Morgan fingerprint density at radius 2 is 1.73 bits per heavy atom. The number of anilines is 1. The number of rotatable bonds is 3. The lowest BCUT2D eigenvalue weighted by Gasteiger charge is -2.38. The monoisotopic (exact) mass is 520 g/mol. The van der Waals surface area contributed by atoms with Crippen LogP contribution in [0, 0.1) is 5.82 Å². The van der Waals surface area contributed by atoms with E-state index in [-0.39, 0.29) is 18.0 Å². The van der Waals surface area contributed by atoms with Crippen molar-refractivity contribution in [2.45, 2.75) is 17.3 Å². The quantitative estimate of drug-likeness (QED) is 0.314. The van der Waals surface area contributed by atoms with E-state index in [0.717, 1.165) is 38.2 Å². The third-order valence-electron chi connectivity index (χ3n) is 5.90. The molecule has 0 unspecified atom stereocenters. The number of nitrogens with one attached hydrogen (secondary N) is 1. The largest absolute Gasteiger partial charge is 0.480 e. The van der Waals surface area contributed by atoms with Crippen molar-refractivity contribution in [3.8, 4) is 5.75 Å². The lowest BCUT2D eigenvalue weighted by Crippen LogP contribution is -2.32. The molecule has 0 spiro atoms. The Balaban J connectivity index is 1.62. The van der Waals surface area contributed by atoms with E-state index in [1.807, 2.05) is 47.3 Å². The van der Waals surface area contributed by atoms with Crippen LogP contribution in [-0.4, -0.2) is 21.0 Å². The third kappa shape index (κ3) is 3.45. The summed E-state index contributed by atoms with van der Waals surface area (Å²) in [7, 11) is 0. The minimum atomic E-state index is -0.361. The summed E-state index contributed by atoms with van der Waals surface area (Å²) in [6.45, 7) is 0. The highest BCUT2D eigenvalue weighted by Gasteiger charge is 2.41. The SMILES string of the molecule is CSc1nc2n(n1)[C@H](c1ccc(F)cc1)C1=C(N2)c2ccccc2O[C@H]1c1ccc(Br)cc1. The molecule has 3 heterocycles. The van der Waals surface area contributed by atoms with Gasteiger partial charge in [0.05, 0.1) is 5.70 Å². The Morgan fingerprint density at radius 3 is 2.48 bits per heavy atom. The van der Waals surface area contributed by atoms with Crippen molar-refractivity contribution in [3.63, 3.8) is 0 Å². The lowest BCUT2D eigenvalue weighted by atomic mass is 9.84. The normalized spacial score (nSPS) is 18.6. The zero-order valence-electron chi connectivity index (χ0n) is 17.5. The number of para-hydroxylation sites is 1. The van der Waals surface area contributed by atoms with Gasteiger partial charge in [-0.15, -0.1) is 5.10 Å². The Bertz CT molecular complexity index is 1380. The van der Waals surface area contributed by atoms with Crippen LogP contribution < -0.4 is 10.1 Å². The number of ether oxygens (including phenoxy) is 1. The molecule has 2 atom stereocenters. The molecular formula is C25H18BrFN4OS. The van der Waals surface area contributed by atoms with Gasteiger partial charge in [-0.2, -0.15) is 4.98 Å². The molecule has 1 N–H and O–H groups in total. The van der Waals surface area contributed by atoms with Gasteiger partial charge < -0.3 is 10.1 Å². The third-order valence-corrected chi connectivity index (χ3v) is 6.97. The molecular weight excluding hydrogens is 503 g/mol. The van der Waals surface area contributed by atoms with Crippen molar-refractivity contribution in [3.05, 3.63) is 105 Å². The van der Waals surface area contributed by atoms with Crippen LogP contribution in [0.1, 0.15) is 28.8 Å². The maximum atomic E-state index is 13.8. The first kappa shape index (κ1) is 20.5. The maximum Gasteiger partial charge on any atom is 0.227 e. The molecule has 5 nitrogen and oxygen atoms in total. The molecule has 0 saturated carbocycles. The molecule has 0 radical (unpaired) electrons. The summed E-state index contributed by atoms with van der Waals surface area (Å²) in [5.74, 6) is 1.17. The zero-order chi connectivity index (χ0) is 22.5. The average molecular weight is 521 g/mol. The van der Waals surface area contributed by atoms with Gasteiger partial charge in [0.1, 0.15) is 23.7 Å². The van der Waals surface area contributed by atoms with Crippen molar-refractivity contribution in [2.75, 3.05) is 11.6 Å².